The molecule has 0 spiro atoms. The largest absolute Gasteiger partial charge is 0.492 e. The van der Waals surface area contributed by atoms with Crippen molar-refractivity contribution in [3.63, 3.8) is 0 Å². The van der Waals surface area contributed by atoms with Gasteiger partial charge >= 0.3 is 0 Å². The number of hydrogen-bond donors (Lipinski definition) is 0. The van der Waals surface area contributed by atoms with Crippen LogP contribution in [-0.4, -0.2) is 30.6 Å². The highest BCUT2D eigenvalue weighted by molar-refractivity contribution is 5.26. The van der Waals surface area contributed by atoms with Crippen molar-refractivity contribution in [2.75, 3.05) is 19.7 Å². The molecule has 0 aliphatic carbocycles. The lowest BCUT2D eigenvalue weighted by Crippen LogP contribution is -2.42. The minimum absolute atomic E-state index is 0.228. The molecule has 3 heteroatoms. The van der Waals surface area contributed by atoms with Crippen molar-refractivity contribution in [2.45, 2.75) is 38.6 Å². The van der Waals surface area contributed by atoms with Crippen molar-refractivity contribution in [1.82, 2.24) is 4.90 Å². The molecule has 0 N–H and O–H groups in total. The third kappa shape index (κ3) is 4.25. The zero-order chi connectivity index (χ0) is 13.5. The van der Waals surface area contributed by atoms with E-state index < -0.39 is 0 Å². The summed E-state index contributed by atoms with van der Waals surface area (Å²) in [6, 6.07) is 10.6. The molecule has 1 atom stereocenters. The number of aryl methyl sites for hydroxylation is 1. The number of benzene rings is 1. The van der Waals surface area contributed by atoms with Crippen LogP contribution in [0.25, 0.3) is 0 Å². The molecule has 1 saturated heterocycles. The van der Waals surface area contributed by atoms with Crippen LogP contribution in [0.1, 0.15) is 31.2 Å². The van der Waals surface area contributed by atoms with Gasteiger partial charge < -0.3 is 4.74 Å². The molecule has 0 radical (unpaired) electrons. The lowest BCUT2D eigenvalue weighted by atomic mass is 10.1. The lowest BCUT2D eigenvalue weighted by Gasteiger charge is -2.33. The summed E-state index contributed by atoms with van der Waals surface area (Å²) < 4.78 is 5.84. The number of rotatable bonds is 5. The summed E-state index contributed by atoms with van der Waals surface area (Å²) in [7, 11) is 0. The first kappa shape index (κ1) is 13.9. The molecule has 2 rings (SSSR count). The SMILES string of the molecule is Cc1ccc(OCC(CC#N)N2CCCCC2)cc1. The molecular weight excluding hydrogens is 236 g/mol. The van der Waals surface area contributed by atoms with Gasteiger partial charge in [0.15, 0.2) is 0 Å². The van der Waals surface area contributed by atoms with Gasteiger partial charge in [0.1, 0.15) is 12.4 Å². The molecule has 0 amide bonds. The number of nitriles is 1. The first-order valence-electron chi connectivity index (χ1n) is 7.10. The smallest absolute Gasteiger partial charge is 0.119 e. The quantitative estimate of drug-likeness (QED) is 0.814. The van der Waals surface area contributed by atoms with Crippen LogP contribution >= 0.6 is 0 Å². The van der Waals surface area contributed by atoms with Crippen LogP contribution in [0.3, 0.4) is 0 Å². The fourth-order valence-corrected chi connectivity index (χ4v) is 2.51. The molecular formula is C16H22N2O. The summed E-state index contributed by atoms with van der Waals surface area (Å²) in [5, 5.41) is 8.97. The Morgan fingerprint density at radius 2 is 1.89 bits per heavy atom. The maximum absolute atomic E-state index is 8.97. The van der Waals surface area contributed by atoms with Gasteiger partial charge in [0, 0.05) is 0 Å². The summed E-state index contributed by atoms with van der Waals surface area (Å²) in [4.78, 5) is 2.40. The summed E-state index contributed by atoms with van der Waals surface area (Å²) in [6.07, 6.45) is 4.35. The van der Waals surface area contributed by atoms with Gasteiger partial charge in [-0.15, -0.1) is 0 Å². The Bertz CT molecular complexity index is 415. The fourth-order valence-electron chi connectivity index (χ4n) is 2.51. The molecule has 1 aromatic rings. The number of ether oxygens (including phenoxy) is 1. The van der Waals surface area contributed by atoms with Crippen LogP contribution in [0, 0.1) is 18.3 Å². The van der Waals surface area contributed by atoms with Gasteiger partial charge in [0.25, 0.3) is 0 Å². The van der Waals surface area contributed by atoms with Gasteiger partial charge in [-0.1, -0.05) is 24.1 Å². The van der Waals surface area contributed by atoms with Crippen molar-refractivity contribution in [3.05, 3.63) is 29.8 Å². The first-order valence-corrected chi connectivity index (χ1v) is 7.10. The molecule has 1 aromatic carbocycles. The first-order chi connectivity index (χ1) is 9.29. The van der Waals surface area contributed by atoms with E-state index in [-0.39, 0.29) is 6.04 Å². The van der Waals surface area contributed by atoms with E-state index in [0.717, 1.165) is 18.8 Å². The van der Waals surface area contributed by atoms with Crippen LogP contribution in [-0.2, 0) is 0 Å². The number of likely N-dealkylation sites (tertiary alicyclic amines) is 1. The van der Waals surface area contributed by atoms with E-state index in [1.807, 2.05) is 12.1 Å². The zero-order valence-electron chi connectivity index (χ0n) is 11.6. The molecule has 1 aliphatic rings. The lowest BCUT2D eigenvalue weighted by molar-refractivity contribution is 0.116. The molecule has 3 nitrogen and oxygen atoms in total. The molecule has 102 valence electrons. The maximum atomic E-state index is 8.97. The monoisotopic (exact) mass is 258 g/mol. The number of nitrogens with zero attached hydrogens (tertiary/aromatic N) is 2. The van der Waals surface area contributed by atoms with E-state index in [9.17, 15) is 0 Å². The molecule has 1 fully saturated rings. The van der Waals surface area contributed by atoms with E-state index in [1.54, 1.807) is 0 Å². The van der Waals surface area contributed by atoms with Gasteiger partial charge in [0.2, 0.25) is 0 Å². The second kappa shape index (κ2) is 7.16. The fraction of sp³-hybridized carbons (Fsp3) is 0.562. The van der Waals surface area contributed by atoms with Crippen LogP contribution < -0.4 is 4.74 Å². The van der Waals surface area contributed by atoms with Crippen LogP contribution in [0.5, 0.6) is 5.75 Å². The molecule has 0 saturated carbocycles. The van der Waals surface area contributed by atoms with Crippen molar-refractivity contribution in [2.24, 2.45) is 0 Å². The van der Waals surface area contributed by atoms with Crippen LogP contribution in [0.2, 0.25) is 0 Å². The third-order valence-corrected chi connectivity index (χ3v) is 3.70. The average Bonchev–Trinajstić information content (AvgIpc) is 2.46. The summed E-state index contributed by atoms with van der Waals surface area (Å²) in [6.45, 7) is 4.87. The Balaban J connectivity index is 1.89. The van der Waals surface area contributed by atoms with Gasteiger partial charge in [-0.2, -0.15) is 5.26 Å². The third-order valence-electron chi connectivity index (χ3n) is 3.70. The van der Waals surface area contributed by atoms with Crippen molar-refractivity contribution in [3.8, 4) is 11.8 Å². The molecule has 1 heterocycles. The van der Waals surface area contributed by atoms with Gasteiger partial charge in [-0.3, -0.25) is 4.90 Å². The highest BCUT2D eigenvalue weighted by Gasteiger charge is 2.20. The van der Waals surface area contributed by atoms with E-state index in [0.29, 0.717) is 13.0 Å². The highest BCUT2D eigenvalue weighted by atomic mass is 16.5. The second-order valence-electron chi connectivity index (χ2n) is 5.24. The standard InChI is InChI=1S/C16H22N2O/c1-14-5-7-16(8-6-14)19-13-15(9-10-17)18-11-3-2-4-12-18/h5-8,15H,2-4,9,11-13H2,1H3. The van der Waals surface area contributed by atoms with Crippen LogP contribution in [0.4, 0.5) is 0 Å². The van der Waals surface area contributed by atoms with Crippen molar-refractivity contribution >= 4 is 0 Å². The van der Waals surface area contributed by atoms with E-state index in [1.165, 1.54) is 24.8 Å². The molecule has 1 unspecified atom stereocenters. The summed E-state index contributed by atoms with van der Waals surface area (Å²) >= 11 is 0. The van der Waals surface area contributed by atoms with Gasteiger partial charge in [-0.25, -0.2) is 0 Å². The Morgan fingerprint density at radius 1 is 1.21 bits per heavy atom. The number of piperidine rings is 1. The predicted octanol–water partition coefficient (Wildman–Crippen LogP) is 3.14. The molecule has 1 aliphatic heterocycles. The minimum atomic E-state index is 0.228. The van der Waals surface area contributed by atoms with E-state index in [4.69, 9.17) is 10.00 Å². The highest BCUT2D eigenvalue weighted by Crippen LogP contribution is 2.17. The predicted molar refractivity (Wildman–Crippen MR) is 76.1 cm³/mol. The molecule has 0 aromatic heterocycles. The van der Waals surface area contributed by atoms with Crippen LogP contribution in [0.15, 0.2) is 24.3 Å². The van der Waals surface area contributed by atoms with E-state index in [2.05, 4.69) is 30.0 Å². The zero-order valence-corrected chi connectivity index (χ0v) is 11.6. The van der Waals surface area contributed by atoms with Gasteiger partial charge in [0.05, 0.1) is 18.5 Å². The Morgan fingerprint density at radius 3 is 2.53 bits per heavy atom. The molecule has 19 heavy (non-hydrogen) atoms. The summed E-state index contributed by atoms with van der Waals surface area (Å²) in [5.41, 5.74) is 1.23. The van der Waals surface area contributed by atoms with E-state index >= 15 is 0 Å². The Labute approximate surface area is 115 Å². The Hall–Kier alpha value is -1.53. The molecule has 0 bridgehead atoms. The average molecular weight is 258 g/mol. The topological polar surface area (TPSA) is 36.3 Å². The Kier molecular flexibility index (Phi) is 5.23. The second-order valence-corrected chi connectivity index (χ2v) is 5.24. The number of hydrogen-bond acceptors (Lipinski definition) is 3. The minimum Gasteiger partial charge on any atom is -0.492 e. The normalized spacial score (nSPS) is 17.7. The maximum Gasteiger partial charge on any atom is 0.119 e. The summed E-state index contributed by atoms with van der Waals surface area (Å²) in [5.74, 6) is 0.894. The van der Waals surface area contributed by atoms with Crippen molar-refractivity contribution in [1.29, 1.82) is 5.26 Å². The van der Waals surface area contributed by atoms with Gasteiger partial charge in [-0.05, 0) is 45.0 Å². The van der Waals surface area contributed by atoms with Crippen molar-refractivity contribution < 1.29 is 4.74 Å².